The molecule has 0 aromatic heterocycles. The van der Waals surface area contributed by atoms with E-state index < -0.39 is 24.1 Å². The summed E-state index contributed by atoms with van der Waals surface area (Å²) in [5.74, 6) is -0.841. The number of rotatable bonds is 4. The van der Waals surface area contributed by atoms with Crippen LogP contribution in [0.2, 0.25) is 0 Å². The molecule has 0 radical (unpaired) electrons. The molecule has 3 rings (SSSR count). The van der Waals surface area contributed by atoms with Gasteiger partial charge in [-0.05, 0) is 18.2 Å². The summed E-state index contributed by atoms with van der Waals surface area (Å²) >= 11 is 0. The summed E-state index contributed by atoms with van der Waals surface area (Å²) in [5, 5.41) is 2.55. The molecular formula is C16H16F3N3O3. The summed E-state index contributed by atoms with van der Waals surface area (Å²) in [6, 6.07) is 4.16. The molecule has 2 amide bonds. The van der Waals surface area contributed by atoms with Crippen molar-refractivity contribution < 1.29 is 27.5 Å². The van der Waals surface area contributed by atoms with Gasteiger partial charge in [-0.3, -0.25) is 9.69 Å². The molecule has 25 heavy (non-hydrogen) atoms. The summed E-state index contributed by atoms with van der Waals surface area (Å²) in [4.78, 5) is 25.6. The number of nitrogens with zero attached hydrogens (tertiary/aromatic N) is 2. The SMILES string of the molecule is CC(=O)NCC1CN(c2ccc(N3CC(=C(F)F)C3)c(F)c2)C(=O)O1. The van der Waals surface area contributed by atoms with E-state index in [1.807, 2.05) is 0 Å². The average molecular weight is 355 g/mol. The van der Waals surface area contributed by atoms with Gasteiger partial charge in [-0.15, -0.1) is 0 Å². The first-order valence-electron chi connectivity index (χ1n) is 7.65. The summed E-state index contributed by atoms with van der Waals surface area (Å²) in [6.07, 6.45) is -2.87. The molecule has 1 atom stereocenters. The Kier molecular flexibility index (Phi) is 4.56. The van der Waals surface area contributed by atoms with Crippen LogP contribution in [0.4, 0.5) is 29.3 Å². The fraction of sp³-hybridized carbons (Fsp3) is 0.375. The number of cyclic esters (lactones) is 1. The highest BCUT2D eigenvalue weighted by Gasteiger charge is 2.33. The number of benzene rings is 1. The zero-order valence-electron chi connectivity index (χ0n) is 13.4. The predicted molar refractivity (Wildman–Crippen MR) is 84.2 cm³/mol. The van der Waals surface area contributed by atoms with Crippen molar-refractivity contribution in [2.24, 2.45) is 0 Å². The number of hydrogen-bond acceptors (Lipinski definition) is 4. The van der Waals surface area contributed by atoms with Crippen LogP contribution >= 0.6 is 0 Å². The molecule has 0 spiro atoms. The lowest BCUT2D eigenvalue weighted by molar-refractivity contribution is -0.119. The highest BCUT2D eigenvalue weighted by atomic mass is 19.3. The van der Waals surface area contributed by atoms with Gasteiger partial charge < -0.3 is 15.0 Å². The van der Waals surface area contributed by atoms with Gasteiger partial charge >= 0.3 is 6.09 Å². The molecule has 1 aromatic carbocycles. The highest BCUT2D eigenvalue weighted by Crippen LogP contribution is 2.32. The lowest BCUT2D eigenvalue weighted by Gasteiger charge is -2.35. The van der Waals surface area contributed by atoms with Crippen molar-refractivity contribution in [3.8, 4) is 0 Å². The zero-order valence-corrected chi connectivity index (χ0v) is 13.4. The monoisotopic (exact) mass is 355 g/mol. The molecular weight excluding hydrogens is 339 g/mol. The largest absolute Gasteiger partial charge is 0.442 e. The fourth-order valence-corrected chi connectivity index (χ4v) is 2.72. The van der Waals surface area contributed by atoms with Gasteiger partial charge in [0.1, 0.15) is 11.9 Å². The Morgan fingerprint density at radius 2 is 2.08 bits per heavy atom. The third kappa shape index (κ3) is 3.54. The number of hydrogen-bond donors (Lipinski definition) is 1. The number of nitrogens with one attached hydrogen (secondary N) is 1. The first-order valence-corrected chi connectivity index (χ1v) is 7.65. The van der Waals surface area contributed by atoms with E-state index in [1.165, 1.54) is 34.9 Å². The fourth-order valence-electron chi connectivity index (χ4n) is 2.72. The Balaban J connectivity index is 1.68. The number of halogens is 3. The second kappa shape index (κ2) is 6.66. The second-order valence-electron chi connectivity index (χ2n) is 5.91. The van der Waals surface area contributed by atoms with Crippen molar-refractivity contribution >= 4 is 23.4 Å². The van der Waals surface area contributed by atoms with Gasteiger partial charge in [0.05, 0.1) is 24.5 Å². The quantitative estimate of drug-likeness (QED) is 0.900. The lowest BCUT2D eigenvalue weighted by Crippen LogP contribution is -2.41. The predicted octanol–water partition coefficient (Wildman–Crippen LogP) is 2.26. The second-order valence-corrected chi connectivity index (χ2v) is 5.91. The van der Waals surface area contributed by atoms with E-state index in [1.54, 1.807) is 0 Å². The van der Waals surface area contributed by atoms with Crippen LogP contribution in [0.15, 0.2) is 29.9 Å². The van der Waals surface area contributed by atoms with Crippen LogP contribution in [0.3, 0.4) is 0 Å². The molecule has 2 aliphatic heterocycles. The molecule has 6 nitrogen and oxygen atoms in total. The first-order chi connectivity index (χ1) is 11.8. The van der Waals surface area contributed by atoms with Crippen molar-refractivity contribution in [2.45, 2.75) is 13.0 Å². The van der Waals surface area contributed by atoms with E-state index >= 15 is 0 Å². The Bertz CT molecular complexity index is 741. The molecule has 1 unspecified atom stereocenters. The molecule has 2 aliphatic rings. The number of anilines is 2. The molecule has 0 aliphatic carbocycles. The Morgan fingerprint density at radius 3 is 2.68 bits per heavy atom. The van der Waals surface area contributed by atoms with Gasteiger partial charge in [0.2, 0.25) is 5.91 Å². The molecule has 9 heteroatoms. The normalized spacial score (nSPS) is 19.6. The molecule has 2 heterocycles. The minimum atomic E-state index is -1.72. The van der Waals surface area contributed by atoms with Gasteiger partial charge in [-0.1, -0.05) is 0 Å². The van der Waals surface area contributed by atoms with Crippen molar-refractivity contribution in [1.29, 1.82) is 0 Å². The topological polar surface area (TPSA) is 61.9 Å². The van der Waals surface area contributed by atoms with Crippen molar-refractivity contribution in [3.05, 3.63) is 35.7 Å². The zero-order chi connectivity index (χ0) is 18.1. The standard InChI is InChI=1S/C16H16F3N3O3/c1-9(23)20-5-12-8-22(16(24)25-12)11-2-3-14(13(17)4-11)21-6-10(7-21)15(18)19/h2-4,12H,5-8H2,1H3,(H,20,23). The first kappa shape index (κ1) is 17.1. The summed E-state index contributed by atoms with van der Waals surface area (Å²) in [6.45, 7) is 1.69. The van der Waals surface area contributed by atoms with Gasteiger partial charge in [-0.25, -0.2) is 9.18 Å². The van der Waals surface area contributed by atoms with E-state index in [0.29, 0.717) is 5.69 Å². The Morgan fingerprint density at radius 1 is 1.36 bits per heavy atom. The van der Waals surface area contributed by atoms with Crippen LogP contribution in [-0.2, 0) is 9.53 Å². The number of amides is 2. The van der Waals surface area contributed by atoms with Crippen LogP contribution in [0.1, 0.15) is 6.92 Å². The molecule has 2 fully saturated rings. The summed E-state index contributed by atoms with van der Waals surface area (Å²) in [7, 11) is 0. The van der Waals surface area contributed by atoms with Crippen LogP contribution < -0.4 is 15.1 Å². The highest BCUT2D eigenvalue weighted by molar-refractivity contribution is 5.90. The molecule has 0 bridgehead atoms. The number of carbonyl (C=O) groups excluding carboxylic acids is 2. The molecule has 1 aromatic rings. The van der Waals surface area contributed by atoms with Crippen LogP contribution in [0.25, 0.3) is 0 Å². The van der Waals surface area contributed by atoms with E-state index in [9.17, 15) is 22.8 Å². The summed E-state index contributed by atoms with van der Waals surface area (Å²) < 4.78 is 44.2. The van der Waals surface area contributed by atoms with Gasteiger partial charge in [-0.2, -0.15) is 8.78 Å². The van der Waals surface area contributed by atoms with Crippen molar-refractivity contribution in [1.82, 2.24) is 5.32 Å². The van der Waals surface area contributed by atoms with Crippen LogP contribution in [-0.4, -0.2) is 44.3 Å². The number of carbonyl (C=O) groups is 2. The van der Waals surface area contributed by atoms with E-state index in [0.717, 1.165) is 0 Å². The maximum Gasteiger partial charge on any atom is 0.414 e. The minimum Gasteiger partial charge on any atom is -0.442 e. The van der Waals surface area contributed by atoms with Crippen LogP contribution in [0.5, 0.6) is 0 Å². The van der Waals surface area contributed by atoms with E-state index in [4.69, 9.17) is 4.74 Å². The molecule has 1 N–H and O–H groups in total. The smallest absolute Gasteiger partial charge is 0.414 e. The Labute approximate surface area is 141 Å². The van der Waals surface area contributed by atoms with Crippen molar-refractivity contribution in [3.63, 3.8) is 0 Å². The summed E-state index contributed by atoms with van der Waals surface area (Å²) in [5.41, 5.74) is 0.507. The van der Waals surface area contributed by atoms with Crippen molar-refractivity contribution in [2.75, 3.05) is 36.0 Å². The van der Waals surface area contributed by atoms with E-state index in [-0.39, 0.29) is 43.3 Å². The van der Waals surface area contributed by atoms with Gasteiger partial charge in [0.15, 0.2) is 0 Å². The lowest BCUT2D eigenvalue weighted by atomic mass is 10.1. The maximum atomic E-state index is 14.3. The van der Waals surface area contributed by atoms with Gasteiger partial charge in [0.25, 0.3) is 6.08 Å². The minimum absolute atomic E-state index is 0.00703. The Hall–Kier alpha value is -2.71. The third-order valence-electron chi connectivity index (χ3n) is 4.07. The maximum absolute atomic E-state index is 14.3. The van der Waals surface area contributed by atoms with E-state index in [2.05, 4.69) is 5.32 Å². The molecule has 134 valence electrons. The molecule has 2 saturated heterocycles. The molecule has 0 saturated carbocycles. The van der Waals surface area contributed by atoms with Crippen LogP contribution in [0, 0.1) is 5.82 Å². The van der Waals surface area contributed by atoms with Gasteiger partial charge in [0, 0.05) is 25.6 Å². The number of ether oxygens (including phenoxy) is 1. The third-order valence-corrected chi connectivity index (χ3v) is 4.07. The average Bonchev–Trinajstić information content (AvgIpc) is 2.86.